The maximum atomic E-state index is 13.4. The molecule has 3 rings (SSSR count). The molecule has 0 amide bonds. The van der Waals surface area contributed by atoms with Gasteiger partial charge in [0.15, 0.2) is 0 Å². The molecule has 7 atom stereocenters. The normalized spacial score (nSPS) is 33.6. The summed E-state index contributed by atoms with van der Waals surface area (Å²) in [7, 11) is 3.36. The number of aliphatic hydroxyl groups is 2. The van der Waals surface area contributed by atoms with Crippen LogP contribution in [0.2, 0.25) is 0 Å². The summed E-state index contributed by atoms with van der Waals surface area (Å²) < 4.78 is 23.0. The van der Waals surface area contributed by atoms with Gasteiger partial charge in [-0.2, -0.15) is 0 Å². The van der Waals surface area contributed by atoms with E-state index in [1.54, 1.807) is 46.3 Å². The number of fused-ring (bicyclic) bond motifs is 1. The van der Waals surface area contributed by atoms with Gasteiger partial charge in [-0.1, -0.05) is 40.7 Å². The van der Waals surface area contributed by atoms with E-state index in [-0.39, 0.29) is 24.7 Å². The highest BCUT2D eigenvalue weighted by Crippen LogP contribution is 2.62. The highest BCUT2D eigenvalue weighted by atomic mass is 32.1. The number of carbonyl (C=O) groups is 2. The summed E-state index contributed by atoms with van der Waals surface area (Å²) >= 11 is 1.54. The second-order valence-electron chi connectivity index (χ2n) is 13.5. The number of epoxide rings is 1. The number of aliphatic hydroxyl groups excluding tert-OH is 2. The van der Waals surface area contributed by atoms with Crippen LogP contribution < -0.4 is 0 Å². The van der Waals surface area contributed by atoms with E-state index in [1.165, 1.54) is 0 Å². The topological polar surface area (TPSA) is 131 Å². The summed E-state index contributed by atoms with van der Waals surface area (Å²) in [5.74, 6) is -2.15. The van der Waals surface area contributed by atoms with Crippen molar-refractivity contribution in [1.29, 1.82) is 0 Å². The number of aromatic nitrogens is 1. The molecule has 2 N–H and O–H groups in total. The Morgan fingerprint density at radius 3 is 2.39 bits per heavy atom. The summed E-state index contributed by atoms with van der Waals surface area (Å²) in [6.45, 7) is 18.5. The van der Waals surface area contributed by atoms with Gasteiger partial charge in [-0.15, -0.1) is 11.3 Å². The summed E-state index contributed by atoms with van der Waals surface area (Å²) in [4.78, 5) is 33.7. The highest BCUT2D eigenvalue weighted by Gasteiger charge is 2.71. The number of nitrogens with zero attached hydrogens (tertiary/aromatic N) is 2. The first-order valence-corrected chi connectivity index (χ1v) is 16.6. The van der Waals surface area contributed by atoms with Gasteiger partial charge in [0.1, 0.15) is 28.6 Å². The van der Waals surface area contributed by atoms with E-state index in [9.17, 15) is 19.8 Å². The average molecular weight is 639 g/mol. The molecule has 250 valence electrons. The van der Waals surface area contributed by atoms with Crippen molar-refractivity contribution in [2.75, 3.05) is 47.1 Å². The molecule has 0 aliphatic carbocycles. The third kappa shape index (κ3) is 7.97. The lowest BCUT2D eigenvalue weighted by atomic mass is 9.72. The van der Waals surface area contributed by atoms with Crippen molar-refractivity contribution < 1.29 is 38.7 Å². The summed E-state index contributed by atoms with van der Waals surface area (Å²) in [5, 5.41) is 25.0. The van der Waals surface area contributed by atoms with Gasteiger partial charge in [0.25, 0.3) is 0 Å². The van der Waals surface area contributed by atoms with E-state index in [4.69, 9.17) is 23.9 Å². The van der Waals surface area contributed by atoms with Crippen LogP contribution in [0.3, 0.4) is 0 Å². The molecule has 2 saturated heterocycles. The third-order valence-corrected chi connectivity index (χ3v) is 10.7. The van der Waals surface area contributed by atoms with Gasteiger partial charge in [-0.3, -0.25) is 14.5 Å². The zero-order chi connectivity index (χ0) is 32.9. The molecule has 1 aromatic heterocycles. The fourth-order valence-corrected chi connectivity index (χ4v) is 7.58. The molecule has 1 aromatic rings. The molecule has 0 radical (unpaired) electrons. The molecule has 0 spiro atoms. The monoisotopic (exact) mass is 638 g/mol. The van der Waals surface area contributed by atoms with Crippen LogP contribution in [0.15, 0.2) is 17.5 Å². The van der Waals surface area contributed by atoms with Gasteiger partial charge in [0.2, 0.25) is 0 Å². The van der Waals surface area contributed by atoms with Crippen LogP contribution in [-0.2, 0) is 35.1 Å². The summed E-state index contributed by atoms with van der Waals surface area (Å²) in [5.41, 5.74) is -1.03. The van der Waals surface area contributed by atoms with E-state index in [1.807, 2.05) is 19.2 Å². The minimum Gasteiger partial charge on any atom is -0.465 e. The standard InChI is InChI=1S/C33H54N2O8S/c1-21(2)33-24(25-20-44-27(34-25)18-35(13-15-40-8)14-16-41-9)19-42-28(37)17-26(36)31(5,6)30(39)23(4)29(38)22(3)11-10-12-32(33,7)43-33/h20,22-24,26,29,36,38H,1,10-19H2,2-9H3. The van der Waals surface area contributed by atoms with Crippen LogP contribution >= 0.6 is 11.3 Å². The molecule has 0 aromatic carbocycles. The predicted molar refractivity (Wildman–Crippen MR) is 169 cm³/mol. The van der Waals surface area contributed by atoms with E-state index >= 15 is 0 Å². The molecule has 11 heteroatoms. The largest absolute Gasteiger partial charge is 0.465 e. The number of hydrogen-bond donors (Lipinski definition) is 2. The maximum absolute atomic E-state index is 13.4. The number of rotatable bonds is 10. The number of ketones is 1. The van der Waals surface area contributed by atoms with E-state index in [2.05, 4.69) is 18.4 Å². The van der Waals surface area contributed by atoms with Crippen molar-refractivity contribution in [3.8, 4) is 0 Å². The van der Waals surface area contributed by atoms with Crippen LogP contribution in [0.25, 0.3) is 0 Å². The van der Waals surface area contributed by atoms with E-state index < -0.39 is 46.6 Å². The van der Waals surface area contributed by atoms with Gasteiger partial charge in [-0.05, 0) is 38.2 Å². The Hall–Kier alpha value is -1.73. The second-order valence-corrected chi connectivity index (χ2v) is 14.4. The molecule has 2 aliphatic rings. The third-order valence-electron chi connectivity index (χ3n) is 9.82. The molecule has 44 heavy (non-hydrogen) atoms. The van der Waals surface area contributed by atoms with Crippen LogP contribution in [0, 0.1) is 17.3 Å². The van der Waals surface area contributed by atoms with Crippen molar-refractivity contribution in [1.82, 2.24) is 9.88 Å². The Balaban J connectivity index is 1.94. The fourth-order valence-electron chi connectivity index (χ4n) is 6.69. The summed E-state index contributed by atoms with van der Waals surface area (Å²) in [6.07, 6.45) is -0.329. The van der Waals surface area contributed by atoms with Crippen molar-refractivity contribution >= 4 is 23.1 Å². The fraction of sp³-hybridized carbons (Fsp3) is 0.788. The quantitative estimate of drug-likeness (QED) is 0.219. The van der Waals surface area contributed by atoms with Crippen molar-refractivity contribution in [3.05, 3.63) is 28.2 Å². The molecule has 0 saturated carbocycles. The van der Waals surface area contributed by atoms with E-state index in [0.29, 0.717) is 32.6 Å². The zero-order valence-electron chi connectivity index (χ0n) is 27.9. The Kier molecular flexibility index (Phi) is 12.7. The molecule has 0 bridgehead atoms. The first-order chi connectivity index (χ1) is 20.6. The number of esters is 1. The van der Waals surface area contributed by atoms with Crippen molar-refractivity contribution in [3.63, 3.8) is 0 Å². The van der Waals surface area contributed by atoms with Crippen molar-refractivity contribution in [2.24, 2.45) is 17.3 Å². The number of methoxy groups -OCH3 is 2. The van der Waals surface area contributed by atoms with Crippen LogP contribution in [0.1, 0.15) is 83.8 Å². The Labute approximate surface area is 267 Å². The lowest BCUT2D eigenvalue weighted by Crippen LogP contribution is -2.45. The number of cyclic esters (lactones) is 1. The van der Waals surface area contributed by atoms with E-state index in [0.717, 1.165) is 35.8 Å². The smallest absolute Gasteiger partial charge is 0.308 e. The molecule has 10 nitrogen and oxygen atoms in total. The van der Waals surface area contributed by atoms with Crippen LogP contribution in [0.5, 0.6) is 0 Å². The number of hydrogen-bond acceptors (Lipinski definition) is 11. The van der Waals surface area contributed by atoms with Gasteiger partial charge in [-0.25, -0.2) is 4.98 Å². The Bertz CT molecular complexity index is 1130. The Morgan fingerprint density at radius 2 is 1.80 bits per heavy atom. The second kappa shape index (κ2) is 15.2. The lowest BCUT2D eigenvalue weighted by molar-refractivity contribution is -0.152. The highest BCUT2D eigenvalue weighted by molar-refractivity contribution is 7.09. The molecule has 3 heterocycles. The molecule has 7 unspecified atom stereocenters. The molecule has 2 aliphatic heterocycles. The van der Waals surface area contributed by atoms with Crippen LogP contribution in [-0.4, -0.2) is 102 Å². The summed E-state index contributed by atoms with van der Waals surface area (Å²) in [6, 6.07) is 0. The minimum absolute atomic E-state index is 0.00582. The van der Waals surface area contributed by atoms with Gasteiger partial charge in [0.05, 0.1) is 55.4 Å². The Morgan fingerprint density at radius 1 is 1.16 bits per heavy atom. The lowest BCUT2D eigenvalue weighted by Gasteiger charge is -2.34. The first-order valence-electron chi connectivity index (χ1n) is 15.7. The maximum Gasteiger partial charge on any atom is 0.308 e. The van der Waals surface area contributed by atoms with Gasteiger partial charge < -0.3 is 29.2 Å². The number of thiazole rings is 1. The molecular formula is C33H54N2O8S. The SMILES string of the molecule is C=C(C)C12OC1(C)CCCC(C)C(O)C(C)C(=O)C(C)(C)C(O)CC(=O)OCC2c1csc(CN(CCOC)CCOC)n1. The van der Waals surface area contributed by atoms with Gasteiger partial charge >= 0.3 is 5.97 Å². The molecule has 2 fully saturated rings. The number of ether oxygens (including phenoxy) is 4. The zero-order valence-corrected chi connectivity index (χ0v) is 28.7. The first kappa shape index (κ1) is 36.7. The predicted octanol–water partition coefficient (Wildman–Crippen LogP) is 4.13. The molecular weight excluding hydrogens is 584 g/mol. The number of Topliss-reactive ketones (excluding diaryl/α,β-unsaturated/α-hetero) is 1. The van der Waals surface area contributed by atoms with Crippen LogP contribution in [0.4, 0.5) is 0 Å². The average Bonchev–Trinajstić information content (AvgIpc) is 3.34. The minimum atomic E-state index is -1.27. The number of carbonyl (C=O) groups excluding carboxylic acids is 2. The van der Waals surface area contributed by atoms with Gasteiger partial charge in [0, 0.05) is 38.6 Å². The van der Waals surface area contributed by atoms with Crippen molar-refractivity contribution in [2.45, 2.75) is 103 Å².